The quantitative estimate of drug-likeness (QED) is 0.541. The normalized spacial score (nSPS) is 21.2. The number of carbonyl (C=O) groups excluding carboxylic acids is 1. The molecule has 2 aromatic heterocycles. The number of carboxylic acid groups (broad SMARTS) is 1. The Bertz CT molecular complexity index is 1040. The highest BCUT2D eigenvalue weighted by Gasteiger charge is 2.40. The molecule has 0 aliphatic carbocycles. The summed E-state index contributed by atoms with van der Waals surface area (Å²) in [4.78, 5) is 36.0. The van der Waals surface area contributed by atoms with Crippen LogP contribution >= 0.6 is 0 Å². The van der Waals surface area contributed by atoms with Crippen LogP contribution < -0.4 is 5.32 Å². The highest BCUT2D eigenvalue weighted by molar-refractivity contribution is 6.06. The Morgan fingerprint density at radius 3 is 2.76 bits per heavy atom. The molecular formula is C18H17N5O6. The van der Waals surface area contributed by atoms with Crippen molar-refractivity contribution in [3.63, 3.8) is 0 Å². The van der Waals surface area contributed by atoms with E-state index in [1.54, 1.807) is 30.3 Å². The van der Waals surface area contributed by atoms with Crippen LogP contribution in [0.1, 0.15) is 23.0 Å². The minimum Gasteiger partial charge on any atom is -0.450 e. The third-order valence-electron chi connectivity index (χ3n) is 4.50. The predicted molar refractivity (Wildman–Crippen MR) is 98.2 cm³/mol. The SMILES string of the molecule is O=C(O)O[C@@H]1C[C@@H](CO)O[C@H]1n1cnc2c(NC(=O)c3ccccc3)ncnc21. The van der Waals surface area contributed by atoms with Crippen molar-refractivity contribution in [1.29, 1.82) is 0 Å². The maximum absolute atomic E-state index is 12.4. The number of carbonyl (C=O) groups is 2. The maximum atomic E-state index is 12.4. The molecule has 4 rings (SSSR count). The fourth-order valence-electron chi connectivity index (χ4n) is 3.21. The first-order valence-corrected chi connectivity index (χ1v) is 8.76. The van der Waals surface area contributed by atoms with Gasteiger partial charge in [-0.1, -0.05) is 18.2 Å². The number of benzene rings is 1. The highest BCUT2D eigenvalue weighted by atomic mass is 16.7. The van der Waals surface area contributed by atoms with Gasteiger partial charge in [0.2, 0.25) is 0 Å². The summed E-state index contributed by atoms with van der Waals surface area (Å²) in [5.74, 6) is -0.153. The fraction of sp³-hybridized carbons (Fsp3) is 0.278. The monoisotopic (exact) mass is 399 g/mol. The second kappa shape index (κ2) is 7.81. The molecule has 1 aromatic carbocycles. The number of rotatable bonds is 5. The number of aromatic nitrogens is 4. The summed E-state index contributed by atoms with van der Waals surface area (Å²) in [6.07, 6.45) is -0.888. The largest absolute Gasteiger partial charge is 0.506 e. The molecule has 0 spiro atoms. The topological polar surface area (TPSA) is 149 Å². The Morgan fingerprint density at radius 2 is 2.03 bits per heavy atom. The number of fused-ring (bicyclic) bond motifs is 1. The van der Waals surface area contributed by atoms with Crippen molar-refractivity contribution < 1.29 is 29.3 Å². The lowest BCUT2D eigenvalue weighted by Crippen LogP contribution is -2.24. The Hall–Kier alpha value is -3.57. The number of aliphatic hydroxyl groups excluding tert-OH is 1. The Morgan fingerprint density at radius 1 is 1.24 bits per heavy atom. The lowest BCUT2D eigenvalue weighted by molar-refractivity contribution is -0.0582. The van der Waals surface area contributed by atoms with E-state index in [0.717, 1.165) is 0 Å². The average molecular weight is 399 g/mol. The molecule has 150 valence electrons. The zero-order chi connectivity index (χ0) is 20.4. The molecule has 0 bridgehead atoms. The van der Waals surface area contributed by atoms with Crippen molar-refractivity contribution in [3.8, 4) is 0 Å². The third kappa shape index (κ3) is 3.73. The molecule has 11 nitrogen and oxygen atoms in total. The van der Waals surface area contributed by atoms with Crippen molar-refractivity contribution in [2.45, 2.75) is 24.9 Å². The van der Waals surface area contributed by atoms with Gasteiger partial charge < -0.3 is 25.0 Å². The zero-order valence-corrected chi connectivity index (χ0v) is 15.0. The van der Waals surface area contributed by atoms with E-state index in [1.807, 2.05) is 0 Å². The van der Waals surface area contributed by atoms with E-state index in [-0.39, 0.29) is 24.8 Å². The molecule has 3 heterocycles. The molecule has 1 saturated heterocycles. The molecule has 29 heavy (non-hydrogen) atoms. The predicted octanol–water partition coefficient (Wildman–Crippen LogP) is 1.42. The number of hydrogen-bond acceptors (Lipinski definition) is 8. The summed E-state index contributed by atoms with van der Waals surface area (Å²) in [6.45, 7) is -0.282. The molecule has 1 aliphatic rings. The number of nitrogens with zero attached hydrogens (tertiary/aromatic N) is 4. The smallest absolute Gasteiger partial charge is 0.450 e. The summed E-state index contributed by atoms with van der Waals surface area (Å²) in [6, 6.07) is 8.63. The van der Waals surface area contributed by atoms with Gasteiger partial charge in [0.15, 0.2) is 29.3 Å². The van der Waals surface area contributed by atoms with Crippen LogP contribution in [0.3, 0.4) is 0 Å². The second-order valence-electron chi connectivity index (χ2n) is 6.36. The summed E-state index contributed by atoms with van der Waals surface area (Å²) in [5, 5.41) is 21.0. The number of nitrogens with one attached hydrogen (secondary N) is 1. The Kier molecular flexibility index (Phi) is 5.06. The minimum absolute atomic E-state index is 0.190. The van der Waals surface area contributed by atoms with Gasteiger partial charge in [0, 0.05) is 12.0 Å². The molecule has 3 aromatic rings. The van der Waals surface area contributed by atoms with Crippen LogP contribution in [0.2, 0.25) is 0 Å². The van der Waals surface area contributed by atoms with Crippen molar-refractivity contribution in [2.75, 3.05) is 11.9 Å². The molecular weight excluding hydrogens is 382 g/mol. The molecule has 3 N–H and O–H groups in total. The molecule has 3 atom stereocenters. The van der Waals surface area contributed by atoms with Crippen LogP contribution in [0.5, 0.6) is 0 Å². The van der Waals surface area contributed by atoms with Crippen LogP contribution in [-0.4, -0.2) is 60.6 Å². The molecule has 1 amide bonds. The number of imidazole rings is 1. The van der Waals surface area contributed by atoms with Gasteiger partial charge in [-0.25, -0.2) is 19.7 Å². The lowest BCUT2D eigenvalue weighted by atomic mass is 10.2. The first-order valence-electron chi connectivity index (χ1n) is 8.76. The molecule has 1 aliphatic heterocycles. The van der Waals surface area contributed by atoms with Crippen molar-refractivity contribution in [3.05, 3.63) is 48.5 Å². The van der Waals surface area contributed by atoms with Gasteiger partial charge in [0.25, 0.3) is 5.91 Å². The van der Waals surface area contributed by atoms with Gasteiger partial charge >= 0.3 is 6.16 Å². The number of anilines is 1. The lowest BCUT2D eigenvalue weighted by Gasteiger charge is -2.19. The first kappa shape index (κ1) is 18.8. The summed E-state index contributed by atoms with van der Waals surface area (Å²) >= 11 is 0. The summed E-state index contributed by atoms with van der Waals surface area (Å²) < 4.78 is 12.1. The molecule has 1 fully saturated rings. The standard InChI is InChI=1S/C18H17N5O6/c24-7-11-6-12(29-18(26)27)17(28-11)23-9-21-13-14(19-8-20-15(13)23)22-16(25)10-4-2-1-3-5-10/h1-5,8-9,11-12,17,24H,6-7H2,(H,26,27)(H,19,20,22,25)/t11-,12+,17+/m0/s1. The molecule has 11 heteroatoms. The number of amides is 1. The molecule has 0 unspecified atom stereocenters. The summed E-state index contributed by atoms with van der Waals surface area (Å²) in [7, 11) is 0. The van der Waals surface area contributed by atoms with Crippen LogP contribution in [0.4, 0.5) is 10.6 Å². The Labute approximate surface area is 163 Å². The number of hydrogen-bond donors (Lipinski definition) is 3. The highest BCUT2D eigenvalue weighted by Crippen LogP contribution is 2.33. The van der Waals surface area contributed by atoms with E-state index in [1.165, 1.54) is 17.2 Å². The van der Waals surface area contributed by atoms with E-state index >= 15 is 0 Å². The van der Waals surface area contributed by atoms with Crippen molar-refractivity contribution in [2.24, 2.45) is 0 Å². The van der Waals surface area contributed by atoms with Gasteiger partial charge in [-0.15, -0.1) is 0 Å². The van der Waals surface area contributed by atoms with E-state index in [9.17, 15) is 14.7 Å². The van der Waals surface area contributed by atoms with Crippen LogP contribution in [-0.2, 0) is 9.47 Å². The Balaban J connectivity index is 1.65. The zero-order valence-electron chi connectivity index (χ0n) is 15.0. The van der Waals surface area contributed by atoms with Gasteiger partial charge in [0.05, 0.1) is 19.0 Å². The van der Waals surface area contributed by atoms with Crippen LogP contribution in [0.25, 0.3) is 11.2 Å². The van der Waals surface area contributed by atoms with Crippen molar-refractivity contribution >= 4 is 29.0 Å². The van der Waals surface area contributed by atoms with Crippen LogP contribution in [0.15, 0.2) is 43.0 Å². The van der Waals surface area contributed by atoms with Gasteiger partial charge in [-0.2, -0.15) is 0 Å². The van der Waals surface area contributed by atoms with E-state index < -0.39 is 24.6 Å². The first-order chi connectivity index (χ1) is 14.1. The third-order valence-corrected chi connectivity index (χ3v) is 4.50. The van der Waals surface area contributed by atoms with Gasteiger partial charge in [0.1, 0.15) is 6.33 Å². The summed E-state index contributed by atoms with van der Waals surface area (Å²) in [5.41, 5.74) is 1.09. The van der Waals surface area contributed by atoms with Gasteiger partial charge in [-0.05, 0) is 12.1 Å². The number of ether oxygens (including phenoxy) is 2. The van der Waals surface area contributed by atoms with Crippen molar-refractivity contribution in [1.82, 2.24) is 19.5 Å². The van der Waals surface area contributed by atoms with E-state index in [0.29, 0.717) is 16.7 Å². The average Bonchev–Trinajstić information content (AvgIpc) is 3.32. The van der Waals surface area contributed by atoms with E-state index in [2.05, 4.69) is 20.3 Å². The number of aliphatic hydroxyl groups is 1. The van der Waals surface area contributed by atoms with Gasteiger partial charge in [-0.3, -0.25) is 9.36 Å². The van der Waals surface area contributed by atoms with E-state index in [4.69, 9.17) is 14.6 Å². The second-order valence-corrected chi connectivity index (χ2v) is 6.36. The van der Waals surface area contributed by atoms with Crippen LogP contribution in [0, 0.1) is 0 Å². The maximum Gasteiger partial charge on any atom is 0.506 e. The molecule has 0 saturated carbocycles. The minimum atomic E-state index is -1.45. The fourth-order valence-corrected chi connectivity index (χ4v) is 3.21. The molecule has 0 radical (unpaired) electrons.